The minimum absolute atomic E-state index is 0.0276. The van der Waals surface area contributed by atoms with E-state index in [1.54, 1.807) is 0 Å². The van der Waals surface area contributed by atoms with Crippen LogP contribution in [0, 0.1) is 12.8 Å². The lowest BCUT2D eigenvalue weighted by molar-refractivity contribution is 0.354. The van der Waals surface area contributed by atoms with Crippen molar-refractivity contribution in [3.63, 3.8) is 0 Å². The highest BCUT2D eigenvalue weighted by Crippen LogP contribution is 2.26. The number of nitrogens with one attached hydrogen (secondary N) is 1. The molecule has 6 nitrogen and oxygen atoms in total. The second-order valence-electron chi connectivity index (χ2n) is 8.45. The average molecular weight is 430 g/mol. The summed E-state index contributed by atoms with van der Waals surface area (Å²) in [5.74, 6) is 0.302. The van der Waals surface area contributed by atoms with E-state index in [0.29, 0.717) is 28.7 Å². The molecule has 1 N–H and O–H groups in total. The van der Waals surface area contributed by atoms with E-state index in [2.05, 4.69) is 43.3 Å². The summed E-state index contributed by atoms with van der Waals surface area (Å²) in [6.45, 7) is 8.56. The smallest absolute Gasteiger partial charge is 0.309 e. The zero-order chi connectivity index (χ0) is 21.8. The van der Waals surface area contributed by atoms with Gasteiger partial charge in [-0.3, -0.25) is 4.57 Å². The van der Waals surface area contributed by atoms with E-state index in [4.69, 9.17) is 11.6 Å². The second kappa shape index (κ2) is 9.77. The topological polar surface area (TPSA) is 54.6 Å². The number of nitrogens with zero attached hydrogens (tertiary/aromatic N) is 4. The van der Waals surface area contributed by atoms with Gasteiger partial charge in [0, 0.05) is 5.69 Å². The van der Waals surface area contributed by atoms with E-state index in [1.165, 1.54) is 4.52 Å². The van der Waals surface area contributed by atoms with Crippen LogP contribution in [0.5, 0.6) is 0 Å². The number of hydrogen-bond acceptors (Lipinski definition) is 4. The van der Waals surface area contributed by atoms with Gasteiger partial charge >= 0.3 is 5.69 Å². The van der Waals surface area contributed by atoms with Crippen LogP contribution in [0.1, 0.15) is 43.3 Å². The molecule has 2 aromatic heterocycles. The van der Waals surface area contributed by atoms with E-state index in [-0.39, 0.29) is 11.7 Å². The monoisotopic (exact) mass is 429 g/mol. The van der Waals surface area contributed by atoms with Crippen LogP contribution in [0.3, 0.4) is 0 Å². The first kappa shape index (κ1) is 22.5. The van der Waals surface area contributed by atoms with Crippen LogP contribution in [0.2, 0.25) is 5.02 Å². The Balaban J connectivity index is 2.07. The first-order chi connectivity index (χ1) is 14.3. The summed E-state index contributed by atoms with van der Waals surface area (Å²) in [6, 6.07) is 12.1. The molecular formula is C23H32ClN5O. The summed E-state index contributed by atoms with van der Waals surface area (Å²) in [5, 5.41) is 8.59. The third-order valence-electron chi connectivity index (χ3n) is 5.34. The Morgan fingerprint density at radius 3 is 2.53 bits per heavy atom. The maximum Gasteiger partial charge on any atom is 0.349 e. The number of aromatic nitrogens is 3. The van der Waals surface area contributed by atoms with Crippen LogP contribution < -0.4 is 11.0 Å². The minimum atomic E-state index is -0.165. The quantitative estimate of drug-likeness (QED) is 0.526. The molecule has 3 aromatic rings. The summed E-state index contributed by atoms with van der Waals surface area (Å²) in [7, 11) is 4.16. The van der Waals surface area contributed by atoms with Gasteiger partial charge in [0.15, 0.2) is 0 Å². The Kier molecular flexibility index (Phi) is 7.34. The summed E-state index contributed by atoms with van der Waals surface area (Å²) < 4.78 is 3.25. The van der Waals surface area contributed by atoms with Gasteiger partial charge in [0.25, 0.3) is 0 Å². The first-order valence-corrected chi connectivity index (χ1v) is 10.9. The van der Waals surface area contributed by atoms with Gasteiger partial charge in [-0.2, -0.15) is 9.61 Å². The standard InChI is InChI=1S/C23H32ClN5O/c1-16(2)22(25-12-9-13-27(4)5)20-14-19-21(24)17(3)26-29(19)23(30)28(20)15-18-10-7-6-8-11-18/h6-8,10-11,14,16,22,25H,9,12-13,15H2,1-5H3/t22-/m1/s1. The molecule has 0 saturated carbocycles. The summed E-state index contributed by atoms with van der Waals surface area (Å²) in [4.78, 5) is 15.6. The fourth-order valence-corrected chi connectivity index (χ4v) is 3.93. The third-order valence-corrected chi connectivity index (χ3v) is 5.81. The predicted octanol–water partition coefficient (Wildman–Crippen LogP) is 3.74. The van der Waals surface area contributed by atoms with Crippen molar-refractivity contribution in [3.8, 4) is 0 Å². The van der Waals surface area contributed by atoms with Crippen LogP contribution in [0.15, 0.2) is 41.2 Å². The van der Waals surface area contributed by atoms with Gasteiger partial charge in [0.1, 0.15) is 0 Å². The molecule has 1 aromatic carbocycles. The van der Waals surface area contributed by atoms with Crippen LogP contribution >= 0.6 is 11.6 Å². The SMILES string of the molecule is Cc1nn2c(=O)n(Cc3ccccc3)c([C@H](NCCCN(C)C)C(C)C)cc2c1Cl. The Hall–Kier alpha value is -2.15. The van der Waals surface area contributed by atoms with E-state index in [1.807, 2.05) is 47.9 Å². The maximum absolute atomic E-state index is 13.4. The highest BCUT2D eigenvalue weighted by atomic mass is 35.5. The molecule has 2 heterocycles. The molecule has 162 valence electrons. The molecule has 7 heteroatoms. The number of fused-ring (bicyclic) bond motifs is 1. The maximum atomic E-state index is 13.4. The van der Waals surface area contributed by atoms with Gasteiger partial charge in [-0.05, 0) is 58.1 Å². The highest BCUT2D eigenvalue weighted by Gasteiger charge is 2.23. The number of aryl methyl sites for hydroxylation is 1. The van der Waals surface area contributed by atoms with Gasteiger partial charge in [-0.15, -0.1) is 0 Å². The van der Waals surface area contributed by atoms with E-state index < -0.39 is 0 Å². The minimum Gasteiger partial charge on any atom is -0.309 e. The second-order valence-corrected chi connectivity index (χ2v) is 8.83. The summed E-state index contributed by atoms with van der Waals surface area (Å²) in [6.07, 6.45) is 1.04. The van der Waals surface area contributed by atoms with Crippen molar-refractivity contribution in [3.05, 3.63) is 68.9 Å². The lowest BCUT2D eigenvalue weighted by atomic mass is 9.99. The number of halogens is 1. The molecule has 30 heavy (non-hydrogen) atoms. The van der Waals surface area contributed by atoms with Crippen molar-refractivity contribution >= 4 is 17.1 Å². The largest absolute Gasteiger partial charge is 0.349 e. The molecule has 0 spiro atoms. The van der Waals surface area contributed by atoms with Crippen molar-refractivity contribution in [2.75, 3.05) is 27.2 Å². The molecule has 0 aliphatic rings. The van der Waals surface area contributed by atoms with Crippen LogP contribution in [0.25, 0.3) is 5.52 Å². The van der Waals surface area contributed by atoms with Gasteiger partial charge in [0.2, 0.25) is 0 Å². The van der Waals surface area contributed by atoms with Crippen molar-refractivity contribution < 1.29 is 0 Å². The Labute approximate surface area is 183 Å². The Bertz CT molecular complexity index is 1040. The lowest BCUT2D eigenvalue weighted by Crippen LogP contribution is -2.37. The van der Waals surface area contributed by atoms with Crippen molar-refractivity contribution in [1.82, 2.24) is 24.4 Å². The Morgan fingerprint density at radius 1 is 1.20 bits per heavy atom. The van der Waals surface area contributed by atoms with Crippen LogP contribution in [-0.2, 0) is 6.54 Å². The van der Waals surface area contributed by atoms with Gasteiger partial charge < -0.3 is 10.2 Å². The van der Waals surface area contributed by atoms with Gasteiger partial charge in [0.05, 0.1) is 28.8 Å². The van der Waals surface area contributed by atoms with Crippen molar-refractivity contribution in [2.24, 2.45) is 5.92 Å². The molecule has 1 atom stereocenters. The molecule has 3 rings (SSSR count). The molecule has 0 aliphatic carbocycles. The van der Waals surface area contributed by atoms with Gasteiger partial charge in [-0.1, -0.05) is 55.8 Å². The highest BCUT2D eigenvalue weighted by molar-refractivity contribution is 6.34. The summed E-state index contributed by atoms with van der Waals surface area (Å²) >= 11 is 6.49. The third kappa shape index (κ3) is 4.94. The molecule has 0 fully saturated rings. The molecule has 0 unspecified atom stereocenters. The van der Waals surface area contributed by atoms with Crippen LogP contribution in [-0.4, -0.2) is 46.3 Å². The molecule has 0 radical (unpaired) electrons. The number of rotatable bonds is 9. The molecule has 0 bridgehead atoms. The fraction of sp³-hybridized carbons (Fsp3) is 0.478. The lowest BCUT2D eigenvalue weighted by Gasteiger charge is -2.27. The predicted molar refractivity (Wildman–Crippen MR) is 123 cm³/mol. The first-order valence-electron chi connectivity index (χ1n) is 10.5. The average Bonchev–Trinajstić information content (AvgIpc) is 2.99. The van der Waals surface area contributed by atoms with Crippen molar-refractivity contribution in [2.45, 2.75) is 39.8 Å². The van der Waals surface area contributed by atoms with E-state index >= 15 is 0 Å². The Morgan fingerprint density at radius 2 is 1.90 bits per heavy atom. The van der Waals surface area contributed by atoms with E-state index in [9.17, 15) is 4.79 Å². The zero-order valence-electron chi connectivity index (χ0n) is 18.5. The molecule has 0 saturated heterocycles. The molecule has 0 aliphatic heterocycles. The van der Waals surface area contributed by atoms with Crippen LogP contribution in [0.4, 0.5) is 0 Å². The number of hydrogen-bond donors (Lipinski definition) is 1. The fourth-order valence-electron chi connectivity index (χ4n) is 3.76. The number of benzene rings is 1. The van der Waals surface area contributed by atoms with Gasteiger partial charge in [-0.25, -0.2) is 4.79 Å². The molecular weight excluding hydrogens is 398 g/mol. The molecule has 0 amide bonds. The summed E-state index contributed by atoms with van der Waals surface area (Å²) in [5.41, 5.74) is 3.18. The van der Waals surface area contributed by atoms with E-state index in [0.717, 1.165) is 30.8 Å². The normalized spacial score (nSPS) is 12.9. The van der Waals surface area contributed by atoms with Crippen molar-refractivity contribution in [1.29, 1.82) is 0 Å². The zero-order valence-corrected chi connectivity index (χ0v) is 19.3.